The van der Waals surface area contributed by atoms with Gasteiger partial charge in [-0.2, -0.15) is 0 Å². The minimum Gasteiger partial charge on any atom is -0.493 e. The van der Waals surface area contributed by atoms with Gasteiger partial charge in [0.1, 0.15) is 11.9 Å². The number of piperidine rings is 1. The van der Waals surface area contributed by atoms with E-state index in [-0.39, 0.29) is 6.10 Å². The molecule has 0 saturated carbocycles. The van der Waals surface area contributed by atoms with Crippen molar-refractivity contribution in [3.05, 3.63) is 53.6 Å². The zero-order chi connectivity index (χ0) is 18.6. The van der Waals surface area contributed by atoms with E-state index in [9.17, 15) is 0 Å². The summed E-state index contributed by atoms with van der Waals surface area (Å²) in [6.07, 6.45) is 4.91. The molecule has 0 radical (unpaired) electrons. The second-order valence-electron chi connectivity index (χ2n) is 7.70. The first-order chi connectivity index (χ1) is 13.2. The molecule has 1 saturated heterocycles. The van der Waals surface area contributed by atoms with Crippen LogP contribution in [0.5, 0.6) is 17.2 Å². The van der Waals surface area contributed by atoms with Crippen molar-refractivity contribution in [2.24, 2.45) is 5.92 Å². The van der Waals surface area contributed by atoms with Crippen LogP contribution in [0.1, 0.15) is 30.4 Å². The first kappa shape index (κ1) is 18.2. The van der Waals surface area contributed by atoms with E-state index in [0.717, 1.165) is 42.6 Å². The molecule has 4 rings (SSSR count). The number of nitrogens with zero attached hydrogens (tertiary/aromatic N) is 1. The number of ether oxygens (including phenoxy) is 3. The van der Waals surface area contributed by atoms with Gasteiger partial charge in [-0.1, -0.05) is 30.3 Å². The number of benzene rings is 2. The Kier molecular flexibility index (Phi) is 5.53. The largest absolute Gasteiger partial charge is 0.493 e. The molecule has 0 aliphatic carbocycles. The molecule has 2 aromatic rings. The lowest BCUT2D eigenvalue weighted by molar-refractivity contribution is 0.131. The lowest BCUT2D eigenvalue weighted by Gasteiger charge is -2.33. The third-order valence-corrected chi connectivity index (χ3v) is 5.86. The lowest BCUT2D eigenvalue weighted by atomic mass is 9.89. The van der Waals surface area contributed by atoms with Gasteiger partial charge in [-0.25, -0.2) is 0 Å². The number of hydrogen-bond acceptors (Lipinski definition) is 4. The molecular weight excluding hydrogens is 338 g/mol. The molecule has 0 spiro atoms. The van der Waals surface area contributed by atoms with Crippen LogP contribution in [0.25, 0.3) is 0 Å². The molecule has 2 aliphatic rings. The highest BCUT2D eigenvalue weighted by molar-refractivity contribution is 5.52. The fourth-order valence-corrected chi connectivity index (χ4v) is 4.36. The molecule has 1 fully saturated rings. The number of fused-ring (bicyclic) bond motifs is 1. The van der Waals surface area contributed by atoms with Gasteiger partial charge in [0.15, 0.2) is 11.5 Å². The quantitative estimate of drug-likeness (QED) is 0.761. The summed E-state index contributed by atoms with van der Waals surface area (Å²) in [6, 6.07) is 14.8. The van der Waals surface area contributed by atoms with Gasteiger partial charge < -0.3 is 14.2 Å². The number of likely N-dealkylation sites (tertiary alicyclic amines) is 1. The van der Waals surface area contributed by atoms with Crippen LogP contribution in [-0.4, -0.2) is 38.3 Å². The fraction of sp³-hybridized carbons (Fsp3) is 0.478. The van der Waals surface area contributed by atoms with Crippen LogP contribution in [-0.2, 0) is 13.0 Å². The lowest BCUT2D eigenvalue weighted by Crippen LogP contribution is -2.34. The molecule has 4 heteroatoms. The third kappa shape index (κ3) is 4.22. The Morgan fingerprint density at radius 1 is 1.00 bits per heavy atom. The molecule has 2 aromatic carbocycles. The minimum atomic E-state index is 0.280. The monoisotopic (exact) mass is 367 g/mol. The molecule has 2 aliphatic heterocycles. The summed E-state index contributed by atoms with van der Waals surface area (Å²) in [7, 11) is 3.35. The van der Waals surface area contributed by atoms with Crippen molar-refractivity contribution >= 4 is 0 Å². The van der Waals surface area contributed by atoms with Gasteiger partial charge in [0, 0.05) is 24.6 Å². The van der Waals surface area contributed by atoms with E-state index in [0.29, 0.717) is 0 Å². The summed E-state index contributed by atoms with van der Waals surface area (Å²) < 4.78 is 17.0. The Morgan fingerprint density at radius 3 is 2.41 bits per heavy atom. The van der Waals surface area contributed by atoms with Crippen molar-refractivity contribution in [3.63, 3.8) is 0 Å². The van der Waals surface area contributed by atoms with Crippen LogP contribution in [0.4, 0.5) is 0 Å². The molecule has 0 N–H and O–H groups in total. The van der Waals surface area contributed by atoms with Crippen LogP contribution in [0, 0.1) is 5.92 Å². The average molecular weight is 367 g/mol. The molecular formula is C23H29NO3. The van der Waals surface area contributed by atoms with Gasteiger partial charge >= 0.3 is 0 Å². The summed E-state index contributed by atoms with van der Waals surface area (Å²) in [5.41, 5.74) is 2.65. The minimum absolute atomic E-state index is 0.280. The van der Waals surface area contributed by atoms with Crippen LogP contribution >= 0.6 is 0 Å². The third-order valence-electron chi connectivity index (χ3n) is 5.86. The molecule has 0 amide bonds. The van der Waals surface area contributed by atoms with Crippen molar-refractivity contribution < 1.29 is 14.2 Å². The molecule has 27 heavy (non-hydrogen) atoms. The van der Waals surface area contributed by atoms with Crippen LogP contribution in [0.15, 0.2) is 42.5 Å². The topological polar surface area (TPSA) is 30.9 Å². The van der Waals surface area contributed by atoms with E-state index in [1.807, 2.05) is 6.07 Å². The van der Waals surface area contributed by atoms with E-state index >= 15 is 0 Å². The van der Waals surface area contributed by atoms with Gasteiger partial charge in [-0.05, 0) is 49.9 Å². The summed E-state index contributed by atoms with van der Waals surface area (Å²) in [6.45, 7) is 3.43. The van der Waals surface area contributed by atoms with E-state index in [2.05, 4.69) is 41.3 Å². The van der Waals surface area contributed by atoms with Gasteiger partial charge in [-0.3, -0.25) is 4.90 Å². The van der Waals surface area contributed by atoms with E-state index in [1.54, 1.807) is 14.2 Å². The molecule has 0 aromatic heterocycles. The normalized spacial score (nSPS) is 20.1. The van der Waals surface area contributed by atoms with Gasteiger partial charge in [-0.15, -0.1) is 0 Å². The summed E-state index contributed by atoms with van der Waals surface area (Å²) in [5, 5.41) is 0. The van der Waals surface area contributed by atoms with Crippen molar-refractivity contribution in [1.29, 1.82) is 0 Å². The zero-order valence-electron chi connectivity index (χ0n) is 16.3. The van der Waals surface area contributed by atoms with E-state index in [4.69, 9.17) is 14.2 Å². The first-order valence-corrected chi connectivity index (χ1v) is 9.93. The average Bonchev–Trinajstić information content (AvgIpc) is 3.10. The van der Waals surface area contributed by atoms with Gasteiger partial charge in [0.25, 0.3) is 0 Å². The maximum atomic E-state index is 6.22. The Hall–Kier alpha value is -2.20. The number of methoxy groups -OCH3 is 2. The molecule has 144 valence electrons. The zero-order valence-corrected chi connectivity index (χ0v) is 16.3. The highest BCUT2D eigenvalue weighted by Gasteiger charge is 2.29. The Bertz CT molecular complexity index is 721. The van der Waals surface area contributed by atoms with Crippen molar-refractivity contribution in [1.82, 2.24) is 4.90 Å². The molecule has 1 unspecified atom stereocenters. The molecule has 0 bridgehead atoms. The molecule has 2 heterocycles. The number of rotatable bonds is 6. The van der Waals surface area contributed by atoms with Crippen molar-refractivity contribution in [2.75, 3.05) is 27.3 Å². The SMILES string of the molecule is COc1cc2c(cc1OC)OC(CC1CCN(Cc3ccccc3)CC1)C2. The summed E-state index contributed by atoms with van der Waals surface area (Å²) in [4.78, 5) is 2.58. The Labute approximate surface area is 162 Å². The maximum Gasteiger partial charge on any atom is 0.164 e. The predicted octanol–water partition coefficient (Wildman–Crippen LogP) is 4.31. The standard InChI is InChI=1S/C23H29NO3/c1-25-22-14-19-13-20(27-21(19)15-23(22)26-2)12-17-8-10-24(11-9-17)16-18-6-4-3-5-7-18/h3-7,14-15,17,20H,8-13,16H2,1-2H3. The fourth-order valence-electron chi connectivity index (χ4n) is 4.36. The van der Waals surface area contributed by atoms with E-state index < -0.39 is 0 Å². The highest BCUT2D eigenvalue weighted by atomic mass is 16.5. The molecule has 4 nitrogen and oxygen atoms in total. The summed E-state index contributed by atoms with van der Waals surface area (Å²) in [5.74, 6) is 3.24. The van der Waals surface area contributed by atoms with Crippen molar-refractivity contribution in [3.8, 4) is 17.2 Å². The second kappa shape index (κ2) is 8.22. The highest BCUT2D eigenvalue weighted by Crippen LogP contribution is 2.40. The predicted molar refractivity (Wildman–Crippen MR) is 107 cm³/mol. The molecule has 1 atom stereocenters. The van der Waals surface area contributed by atoms with Gasteiger partial charge in [0.2, 0.25) is 0 Å². The smallest absolute Gasteiger partial charge is 0.164 e. The van der Waals surface area contributed by atoms with E-state index in [1.165, 1.54) is 37.1 Å². The maximum absolute atomic E-state index is 6.22. The summed E-state index contributed by atoms with van der Waals surface area (Å²) >= 11 is 0. The van der Waals surface area contributed by atoms with Crippen LogP contribution in [0.2, 0.25) is 0 Å². The van der Waals surface area contributed by atoms with Crippen molar-refractivity contribution in [2.45, 2.75) is 38.3 Å². The Balaban J connectivity index is 1.28. The van der Waals surface area contributed by atoms with Crippen LogP contribution in [0.3, 0.4) is 0 Å². The Morgan fingerprint density at radius 2 is 1.70 bits per heavy atom. The number of hydrogen-bond donors (Lipinski definition) is 0. The van der Waals surface area contributed by atoms with Crippen LogP contribution < -0.4 is 14.2 Å². The second-order valence-corrected chi connectivity index (χ2v) is 7.70. The van der Waals surface area contributed by atoms with Gasteiger partial charge in [0.05, 0.1) is 14.2 Å². The first-order valence-electron chi connectivity index (χ1n) is 9.93.